The van der Waals surface area contributed by atoms with E-state index in [9.17, 15) is 4.79 Å². The second-order valence-electron chi connectivity index (χ2n) is 3.97. The summed E-state index contributed by atoms with van der Waals surface area (Å²) in [5, 5.41) is 0. The van der Waals surface area contributed by atoms with Crippen molar-refractivity contribution in [1.82, 2.24) is 0 Å². The highest BCUT2D eigenvalue weighted by molar-refractivity contribution is 5.85. The SMILES string of the molecule is CCCCCCOC(=O)[C@@](C)(N)CC.Cl. The number of unbranched alkanes of at least 4 members (excludes halogenated alkanes) is 3. The quantitative estimate of drug-likeness (QED) is 0.547. The highest BCUT2D eigenvalue weighted by Crippen LogP contribution is 2.08. The van der Waals surface area contributed by atoms with Crippen molar-refractivity contribution in [3.63, 3.8) is 0 Å². The summed E-state index contributed by atoms with van der Waals surface area (Å²) in [4.78, 5) is 11.4. The van der Waals surface area contributed by atoms with Gasteiger partial charge in [0.05, 0.1) is 6.61 Å². The van der Waals surface area contributed by atoms with Gasteiger partial charge in [0.1, 0.15) is 5.54 Å². The molecule has 0 rings (SSSR count). The first kappa shape index (κ1) is 17.1. The van der Waals surface area contributed by atoms with Gasteiger partial charge in [-0.25, -0.2) is 0 Å². The van der Waals surface area contributed by atoms with Gasteiger partial charge in [0.15, 0.2) is 0 Å². The van der Waals surface area contributed by atoms with E-state index in [1.54, 1.807) is 6.92 Å². The lowest BCUT2D eigenvalue weighted by atomic mass is 10.0. The van der Waals surface area contributed by atoms with Crippen LogP contribution in [-0.4, -0.2) is 18.1 Å². The number of ether oxygens (including phenoxy) is 1. The Morgan fingerprint density at radius 3 is 2.33 bits per heavy atom. The molecule has 0 aromatic rings. The molecule has 4 heteroatoms. The molecule has 0 unspecified atom stereocenters. The summed E-state index contributed by atoms with van der Waals surface area (Å²) < 4.78 is 5.08. The van der Waals surface area contributed by atoms with Crippen LogP contribution in [0.1, 0.15) is 52.9 Å². The predicted molar refractivity (Wildman–Crippen MR) is 65.2 cm³/mol. The average molecular weight is 238 g/mol. The Kier molecular flexibility index (Phi) is 10.3. The molecule has 0 saturated heterocycles. The van der Waals surface area contributed by atoms with Gasteiger partial charge in [0.2, 0.25) is 0 Å². The predicted octanol–water partition coefficient (Wildman–Crippen LogP) is 2.66. The van der Waals surface area contributed by atoms with E-state index in [1.165, 1.54) is 12.8 Å². The molecular formula is C11H24ClNO2. The van der Waals surface area contributed by atoms with E-state index >= 15 is 0 Å². The number of hydrogen-bond acceptors (Lipinski definition) is 3. The molecule has 0 aliphatic rings. The van der Waals surface area contributed by atoms with Crippen LogP contribution < -0.4 is 5.73 Å². The maximum absolute atomic E-state index is 11.4. The molecule has 0 fully saturated rings. The smallest absolute Gasteiger partial charge is 0.325 e. The lowest BCUT2D eigenvalue weighted by Crippen LogP contribution is -2.45. The Morgan fingerprint density at radius 1 is 1.27 bits per heavy atom. The van der Waals surface area contributed by atoms with Gasteiger partial charge in [-0.15, -0.1) is 12.4 Å². The molecule has 0 aliphatic heterocycles. The Bertz CT molecular complexity index is 172. The summed E-state index contributed by atoms with van der Waals surface area (Å²) in [6.07, 6.45) is 5.07. The molecule has 0 spiro atoms. The Hall–Kier alpha value is -0.280. The highest BCUT2D eigenvalue weighted by atomic mass is 35.5. The molecule has 0 aromatic heterocycles. The fourth-order valence-electron chi connectivity index (χ4n) is 1.00. The Balaban J connectivity index is 0. The molecule has 0 radical (unpaired) electrons. The van der Waals surface area contributed by atoms with Crippen molar-refractivity contribution in [3.8, 4) is 0 Å². The third-order valence-electron chi connectivity index (χ3n) is 2.43. The average Bonchev–Trinajstić information content (AvgIpc) is 2.17. The van der Waals surface area contributed by atoms with Crippen LogP contribution in [0.3, 0.4) is 0 Å². The maximum atomic E-state index is 11.4. The van der Waals surface area contributed by atoms with E-state index in [0.29, 0.717) is 13.0 Å². The Morgan fingerprint density at radius 2 is 1.87 bits per heavy atom. The summed E-state index contributed by atoms with van der Waals surface area (Å²) >= 11 is 0. The zero-order chi connectivity index (χ0) is 11.0. The number of hydrogen-bond donors (Lipinski definition) is 1. The zero-order valence-corrected chi connectivity index (χ0v) is 10.9. The minimum atomic E-state index is -0.815. The monoisotopic (exact) mass is 237 g/mol. The number of carbonyl (C=O) groups excluding carboxylic acids is 1. The van der Waals surface area contributed by atoms with Crippen LogP contribution in [0, 0.1) is 0 Å². The van der Waals surface area contributed by atoms with Crippen LogP contribution in [0.25, 0.3) is 0 Å². The summed E-state index contributed by atoms with van der Waals surface area (Å²) in [5.74, 6) is -0.281. The second kappa shape index (κ2) is 8.98. The van der Waals surface area contributed by atoms with E-state index in [0.717, 1.165) is 12.8 Å². The van der Waals surface area contributed by atoms with Crippen LogP contribution >= 0.6 is 12.4 Å². The number of halogens is 1. The molecule has 0 amide bonds. The minimum absolute atomic E-state index is 0. The third kappa shape index (κ3) is 7.63. The van der Waals surface area contributed by atoms with Gasteiger partial charge in [-0.1, -0.05) is 33.1 Å². The van der Waals surface area contributed by atoms with Crippen LogP contribution in [0.2, 0.25) is 0 Å². The van der Waals surface area contributed by atoms with E-state index in [-0.39, 0.29) is 18.4 Å². The molecule has 2 N–H and O–H groups in total. The van der Waals surface area contributed by atoms with E-state index < -0.39 is 5.54 Å². The number of esters is 1. The van der Waals surface area contributed by atoms with Gasteiger partial charge in [-0.2, -0.15) is 0 Å². The highest BCUT2D eigenvalue weighted by Gasteiger charge is 2.27. The number of nitrogens with two attached hydrogens (primary N) is 1. The molecule has 0 aliphatic carbocycles. The lowest BCUT2D eigenvalue weighted by molar-refractivity contribution is -0.149. The Labute approximate surface area is 99.2 Å². The van der Waals surface area contributed by atoms with Gasteiger partial charge in [0, 0.05) is 0 Å². The van der Waals surface area contributed by atoms with Crippen molar-refractivity contribution >= 4 is 18.4 Å². The van der Waals surface area contributed by atoms with Gasteiger partial charge >= 0.3 is 5.97 Å². The van der Waals surface area contributed by atoms with E-state index in [1.807, 2.05) is 6.92 Å². The van der Waals surface area contributed by atoms with Crippen LogP contribution in [-0.2, 0) is 9.53 Å². The zero-order valence-electron chi connectivity index (χ0n) is 10.0. The standard InChI is InChI=1S/C11H23NO2.ClH/c1-4-6-7-8-9-14-10(13)11(3,12)5-2;/h4-9,12H2,1-3H3;1H/t11-;/m0./s1. The topological polar surface area (TPSA) is 52.3 Å². The van der Waals surface area contributed by atoms with Gasteiger partial charge in [-0.3, -0.25) is 4.79 Å². The summed E-state index contributed by atoms with van der Waals surface area (Å²) in [6, 6.07) is 0. The molecule has 3 nitrogen and oxygen atoms in total. The van der Waals surface area contributed by atoms with Crippen molar-refractivity contribution in [3.05, 3.63) is 0 Å². The van der Waals surface area contributed by atoms with Crippen molar-refractivity contribution < 1.29 is 9.53 Å². The third-order valence-corrected chi connectivity index (χ3v) is 2.43. The van der Waals surface area contributed by atoms with Gasteiger partial charge < -0.3 is 10.5 Å². The molecule has 92 valence electrons. The van der Waals surface area contributed by atoms with Gasteiger partial charge in [-0.05, 0) is 19.8 Å². The van der Waals surface area contributed by atoms with Crippen LogP contribution in [0.5, 0.6) is 0 Å². The van der Waals surface area contributed by atoms with Crippen molar-refractivity contribution in [2.45, 2.75) is 58.4 Å². The van der Waals surface area contributed by atoms with Gasteiger partial charge in [0.25, 0.3) is 0 Å². The summed E-state index contributed by atoms with van der Waals surface area (Å²) in [7, 11) is 0. The largest absolute Gasteiger partial charge is 0.464 e. The fraction of sp³-hybridized carbons (Fsp3) is 0.909. The maximum Gasteiger partial charge on any atom is 0.325 e. The number of carbonyl (C=O) groups is 1. The number of rotatable bonds is 7. The minimum Gasteiger partial charge on any atom is -0.464 e. The van der Waals surface area contributed by atoms with Crippen molar-refractivity contribution in [1.29, 1.82) is 0 Å². The first-order valence-corrected chi connectivity index (χ1v) is 5.50. The molecular weight excluding hydrogens is 214 g/mol. The van der Waals surface area contributed by atoms with Crippen molar-refractivity contribution in [2.75, 3.05) is 6.61 Å². The van der Waals surface area contributed by atoms with Crippen LogP contribution in [0.4, 0.5) is 0 Å². The lowest BCUT2D eigenvalue weighted by Gasteiger charge is -2.20. The van der Waals surface area contributed by atoms with E-state index in [4.69, 9.17) is 10.5 Å². The molecule has 15 heavy (non-hydrogen) atoms. The van der Waals surface area contributed by atoms with Crippen LogP contribution in [0.15, 0.2) is 0 Å². The van der Waals surface area contributed by atoms with E-state index in [2.05, 4.69) is 6.92 Å². The van der Waals surface area contributed by atoms with Crippen molar-refractivity contribution in [2.24, 2.45) is 5.73 Å². The molecule has 0 heterocycles. The first-order valence-electron chi connectivity index (χ1n) is 5.50. The normalized spacial score (nSPS) is 13.9. The first-order chi connectivity index (χ1) is 6.54. The second-order valence-corrected chi connectivity index (χ2v) is 3.97. The molecule has 1 atom stereocenters. The molecule has 0 saturated carbocycles. The summed E-state index contributed by atoms with van der Waals surface area (Å²) in [6.45, 7) is 6.26. The fourth-order valence-corrected chi connectivity index (χ4v) is 1.00. The molecule has 0 bridgehead atoms. The molecule has 0 aromatic carbocycles. The summed E-state index contributed by atoms with van der Waals surface area (Å²) in [5.41, 5.74) is 4.91.